The molecule has 12 nitrogen and oxygen atoms in total. The number of hydrogen-bond acceptors (Lipinski definition) is 8. The lowest BCUT2D eigenvalue weighted by molar-refractivity contribution is -0.385. The number of hydrogen-bond donors (Lipinski definition) is 0. The zero-order chi connectivity index (χ0) is 28.3. The molecule has 194 valence electrons. The van der Waals surface area contributed by atoms with Gasteiger partial charge in [-0.15, -0.1) is 0 Å². The second-order valence-electron chi connectivity index (χ2n) is 8.96. The quantitative estimate of drug-likeness (QED) is 0.201. The molecule has 6 rings (SSSR count). The third-order valence-electron chi connectivity index (χ3n) is 6.74. The molecular weight excluding hydrogens is 520 g/mol. The number of carbonyl (C=O) groups excluding carboxylic acids is 4. The van der Waals surface area contributed by atoms with Crippen molar-refractivity contribution < 1.29 is 29.0 Å². The molecule has 2 heterocycles. The maximum atomic E-state index is 13.2. The highest BCUT2D eigenvalue weighted by molar-refractivity contribution is 6.35. The van der Waals surface area contributed by atoms with Crippen LogP contribution in [0.5, 0.6) is 0 Å². The van der Waals surface area contributed by atoms with E-state index in [2.05, 4.69) is 0 Å². The fourth-order valence-electron chi connectivity index (χ4n) is 4.76. The second kappa shape index (κ2) is 8.77. The summed E-state index contributed by atoms with van der Waals surface area (Å²) in [5, 5.41) is 21.9. The van der Waals surface area contributed by atoms with Crippen LogP contribution in [0.3, 0.4) is 0 Å². The van der Waals surface area contributed by atoms with Crippen molar-refractivity contribution in [1.29, 1.82) is 0 Å². The van der Waals surface area contributed by atoms with E-state index in [1.807, 2.05) is 0 Å². The third kappa shape index (κ3) is 3.62. The summed E-state index contributed by atoms with van der Waals surface area (Å²) in [5.41, 5.74) is 1.60. The highest BCUT2D eigenvalue weighted by Gasteiger charge is 2.39. The molecule has 12 heteroatoms. The zero-order valence-electron chi connectivity index (χ0n) is 20.1. The summed E-state index contributed by atoms with van der Waals surface area (Å²) in [6, 6.07) is 19.3. The Kier molecular flexibility index (Phi) is 5.33. The van der Waals surface area contributed by atoms with Crippen molar-refractivity contribution in [1.82, 2.24) is 0 Å². The Hall–Kier alpha value is -6.04. The Morgan fingerprint density at radius 3 is 1.10 bits per heavy atom. The van der Waals surface area contributed by atoms with E-state index in [9.17, 15) is 39.4 Å². The monoisotopic (exact) mass is 534 g/mol. The zero-order valence-corrected chi connectivity index (χ0v) is 20.1. The number of rotatable bonds is 5. The molecular formula is C28H14N4O8. The van der Waals surface area contributed by atoms with Crippen LogP contribution in [0, 0.1) is 20.2 Å². The maximum absolute atomic E-state index is 13.2. The van der Waals surface area contributed by atoms with Crippen molar-refractivity contribution in [2.24, 2.45) is 0 Å². The van der Waals surface area contributed by atoms with E-state index in [1.165, 1.54) is 72.8 Å². The Bertz CT molecular complexity index is 1700. The normalized spacial score (nSPS) is 14.0. The first-order valence-electron chi connectivity index (χ1n) is 11.7. The number of anilines is 2. The summed E-state index contributed by atoms with van der Waals surface area (Å²) in [6.45, 7) is 0. The molecule has 40 heavy (non-hydrogen) atoms. The Balaban J connectivity index is 1.31. The average molecular weight is 534 g/mol. The molecule has 4 amide bonds. The van der Waals surface area contributed by atoms with Gasteiger partial charge in [0.2, 0.25) is 0 Å². The molecule has 0 atom stereocenters. The van der Waals surface area contributed by atoms with Crippen LogP contribution in [-0.4, -0.2) is 33.5 Å². The summed E-state index contributed by atoms with van der Waals surface area (Å²) in [6.07, 6.45) is 0. The molecule has 0 saturated carbocycles. The van der Waals surface area contributed by atoms with Gasteiger partial charge in [-0.2, -0.15) is 0 Å². The van der Waals surface area contributed by atoms with Crippen LogP contribution in [0.4, 0.5) is 22.7 Å². The number of nitro groups is 2. The molecule has 0 spiro atoms. The van der Waals surface area contributed by atoms with Crippen molar-refractivity contribution in [3.05, 3.63) is 127 Å². The van der Waals surface area contributed by atoms with Crippen LogP contribution in [0.15, 0.2) is 84.9 Å². The highest BCUT2D eigenvalue weighted by atomic mass is 16.6. The molecule has 0 fully saturated rings. The van der Waals surface area contributed by atoms with Crippen LogP contribution < -0.4 is 9.80 Å². The third-order valence-corrected chi connectivity index (χ3v) is 6.74. The van der Waals surface area contributed by atoms with Gasteiger partial charge >= 0.3 is 0 Å². The smallest absolute Gasteiger partial charge is 0.268 e. The fourth-order valence-corrected chi connectivity index (χ4v) is 4.76. The number of imide groups is 2. The Morgan fingerprint density at radius 1 is 0.450 bits per heavy atom. The standard InChI is InChI=1S/C28H14N4O8/c33-25-21-11-1-15(13-23(21)27(35)29(25)17-3-7-19(8-4-17)31(37)38)16-2-12-22-24(14-16)28(36)30(26(22)34)18-5-9-20(10-6-18)32(39)40/h1-14H. The van der Waals surface area contributed by atoms with Crippen molar-refractivity contribution in [2.75, 3.05) is 9.80 Å². The number of benzene rings is 4. The Labute approximate surface area is 224 Å². The summed E-state index contributed by atoms with van der Waals surface area (Å²) in [4.78, 5) is 74.9. The van der Waals surface area contributed by atoms with Gasteiger partial charge in [0.1, 0.15) is 0 Å². The molecule has 0 aliphatic carbocycles. The van der Waals surface area contributed by atoms with Gasteiger partial charge in [0, 0.05) is 24.3 Å². The molecule has 0 saturated heterocycles. The van der Waals surface area contributed by atoms with Gasteiger partial charge in [0.25, 0.3) is 35.0 Å². The highest BCUT2D eigenvalue weighted by Crippen LogP contribution is 2.35. The second-order valence-corrected chi connectivity index (χ2v) is 8.96. The largest absolute Gasteiger partial charge is 0.269 e. The number of fused-ring (bicyclic) bond motifs is 2. The fraction of sp³-hybridized carbons (Fsp3) is 0. The van der Waals surface area contributed by atoms with E-state index in [0.717, 1.165) is 9.80 Å². The van der Waals surface area contributed by atoms with E-state index < -0.39 is 33.5 Å². The first kappa shape index (κ1) is 24.3. The minimum Gasteiger partial charge on any atom is -0.268 e. The number of carbonyl (C=O) groups is 4. The summed E-state index contributed by atoms with van der Waals surface area (Å²) in [5.74, 6) is -2.36. The van der Waals surface area contributed by atoms with Gasteiger partial charge in [-0.25, -0.2) is 9.80 Å². The number of nitro benzene ring substituents is 2. The van der Waals surface area contributed by atoms with Gasteiger partial charge in [-0.1, -0.05) is 12.1 Å². The lowest BCUT2D eigenvalue weighted by Gasteiger charge is -2.13. The minimum atomic E-state index is -0.604. The first-order valence-corrected chi connectivity index (χ1v) is 11.7. The molecule has 0 radical (unpaired) electrons. The topological polar surface area (TPSA) is 161 Å². The molecule has 2 aliphatic heterocycles. The van der Waals surface area contributed by atoms with Crippen molar-refractivity contribution in [2.45, 2.75) is 0 Å². The van der Waals surface area contributed by atoms with Crippen LogP contribution in [0.2, 0.25) is 0 Å². The minimum absolute atomic E-state index is 0.122. The van der Waals surface area contributed by atoms with Crippen molar-refractivity contribution >= 4 is 46.4 Å². The molecule has 0 N–H and O–H groups in total. The van der Waals surface area contributed by atoms with Gasteiger partial charge in [-0.3, -0.25) is 39.4 Å². The van der Waals surface area contributed by atoms with Gasteiger partial charge in [0.15, 0.2) is 0 Å². The average Bonchev–Trinajstić information content (AvgIpc) is 3.36. The van der Waals surface area contributed by atoms with Crippen LogP contribution in [0.25, 0.3) is 11.1 Å². The van der Waals surface area contributed by atoms with E-state index in [1.54, 1.807) is 12.1 Å². The lowest BCUT2D eigenvalue weighted by atomic mass is 9.97. The molecule has 0 unspecified atom stereocenters. The number of non-ortho nitro benzene ring substituents is 2. The molecule has 4 aromatic carbocycles. The predicted octanol–water partition coefficient (Wildman–Crippen LogP) is 4.77. The van der Waals surface area contributed by atoms with Gasteiger partial charge in [-0.05, 0) is 59.7 Å². The van der Waals surface area contributed by atoms with E-state index >= 15 is 0 Å². The van der Waals surface area contributed by atoms with E-state index in [-0.39, 0.29) is 45.0 Å². The van der Waals surface area contributed by atoms with Crippen LogP contribution in [-0.2, 0) is 0 Å². The van der Waals surface area contributed by atoms with Gasteiger partial charge in [0.05, 0.1) is 43.5 Å². The van der Waals surface area contributed by atoms with Crippen molar-refractivity contribution in [3.63, 3.8) is 0 Å². The molecule has 2 aliphatic rings. The molecule has 0 aromatic heterocycles. The first-order chi connectivity index (χ1) is 19.2. The van der Waals surface area contributed by atoms with E-state index in [4.69, 9.17) is 0 Å². The van der Waals surface area contributed by atoms with Crippen LogP contribution >= 0.6 is 0 Å². The predicted molar refractivity (Wildman–Crippen MR) is 140 cm³/mol. The van der Waals surface area contributed by atoms with E-state index in [0.29, 0.717) is 11.1 Å². The lowest BCUT2D eigenvalue weighted by Crippen LogP contribution is -2.29. The molecule has 4 aromatic rings. The SMILES string of the molecule is O=C1c2ccc(-c3ccc4c(c3)C(=O)N(c3ccc([N+](=O)[O-])cc3)C4=O)cc2C(=O)N1c1ccc([N+](=O)[O-])cc1. The Morgan fingerprint density at radius 2 is 0.775 bits per heavy atom. The summed E-state index contributed by atoms with van der Waals surface area (Å²) >= 11 is 0. The number of nitrogens with zero attached hydrogens (tertiary/aromatic N) is 4. The van der Waals surface area contributed by atoms with Crippen LogP contribution in [0.1, 0.15) is 41.4 Å². The summed E-state index contributed by atoms with van der Waals surface area (Å²) in [7, 11) is 0. The number of amides is 4. The van der Waals surface area contributed by atoms with Crippen molar-refractivity contribution in [3.8, 4) is 11.1 Å². The van der Waals surface area contributed by atoms with Gasteiger partial charge < -0.3 is 0 Å². The summed E-state index contributed by atoms with van der Waals surface area (Å²) < 4.78 is 0. The molecule has 0 bridgehead atoms. The maximum Gasteiger partial charge on any atom is 0.269 e.